The second-order valence-corrected chi connectivity index (χ2v) is 9.10. The molecule has 5 rings (SSSR count). The van der Waals surface area contributed by atoms with Crippen LogP contribution in [0.15, 0.2) is 67.8 Å². The fourth-order valence-corrected chi connectivity index (χ4v) is 4.89. The molecule has 1 aromatic carbocycles. The number of amides is 1. The van der Waals surface area contributed by atoms with Gasteiger partial charge in [-0.2, -0.15) is 15.5 Å². The van der Waals surface area contributed by atoms with Crippen LogP contribution in [-0.2, 0) is 11.8 Å². The van der Waals surface area contributed by atoms with Crippen molar-refractivity contribution in [1.29, 1.82) is 5.26 Å². The summed E-state index contributed by atoms with van der Waals surface area (Å²) < 4.78 is 3.53. The van der Waals surface area contributed by atoms with Crippen molar-refractivity contribution >= 4 is 17.1 Å². The normalized spacial score (nSPS) is 18.0. The van der Waals surface area contributed by atoms with E-state index in [9.17, 15) is 10.1 Å². The number of aromatic nitrogens is 4. The zero-order chi connectivity index (χ0) is 24.7. The molecule has 0 aliphatic carbocycles. The number of anilines is 1. The van der Waals surface area contributed by atoms with Gasteiger partial charge in [0, 0.05) is 67.0 Å². The molecule has 0 spiro atoms. The van der Waals surface area contributed by atoms with Crippen LogP contribution in [0.25, 0.3) is 27.8 Å². The summed E-state index contributed by atoms with van der Waals surface area (Å²) in [5.41, 5.74) is 6.32. The van der Waals surface area contributed by atoms with E-state index in [1.54, 1.807) is 15.4 Å². The van der Waals surface area contributed by atoms with Gasteiger partial charge in [0.25, 0.3) is 0 Å². The fourth-order valence-electron chi connectivity index (χ4n) is 4.89. The Morgan fingerprint density at radius 3 is 2.49 bits per heavy atom. The third-order valence-electron chi connectivity index (χ3n) is 6.72. The van der Waals surface area contributed by atoms with Gasteiger partial charge in [0.05, 0.1) is 23.5 Å². The summed E-state index contributed by atoms with van der Waals surface area (Å²) in [5.74, 6) is -0.0223. The van der Waals surface area contributed by atoms with Gasteiger partial charge in [-0.05, 0) is 43.7 Å². The van der Waals surface area contributed by atoms with E-state index in [2.05, 4.69) is 71.9 Å². The number of nitrogens with zero attached hydrogens (tertiary/aromatic N) is 7. The molecule has 4 aromatic rings. The van der Waals surface area contributed by atoms with Crippen LogP contribution in [0.5, 0.6) is 0 Å². The van der Waals surface area contributed by atoms with Crippen LogP contribution in [-0.4, -0.2) is 55.4 Å². The second kappa shape index (κ2) is 8.76. The van der Waals surface area contributed by atoms with Crippen molar-refractivity contribution in [2.75, 3.05) is 18.0 Å². The van der Waals surface area contributed by atoms with E-state index in [1.165, 1.54) is 6.08 Å². The van der Waals surface area contributed by atoms with Crippen LogP contribution in [0, 0.1) is 11.3 Å². The van der Waals surface area contributed by atoms with Crippen molar-refractivity contribution in [3.05, 3.63) is 73.3 Å². The number of carbonyl (C=O) groups excluding carboxylic acids is 1. The monoisotopic (exact) mass is 465 g/mol. The van der Waals surface area contributed by atoms with Crippen molar-refractivity contribution in [2.24, 2.45) is 7.05 Å². The fraction of sp³-hybridized carbons (Fsp3) is 0.259. The van der Waals surface area contributed by atoms with E-state index in [0.717, 1.165) is 40.0 Å². The Balaban J connectivity index is 1.52. The molecular formula is C27H27N7O. The molecule has 8 heteroatoms. The number of aryl methyl sites for hydroxylation is 1. The number of pyridine rings is 1. The standard InChI is InChI=1S/C27H27N7O/c1-5-26(35)33-15-18(2)32(14-19(33)3)24-8-6-20(7-9-24)25-10-21(23-13-29-31(4)16-23)17-34-27(25)22(11-28)12-30-34/h5-10,12-13,16-19H,1,14-15H2,2-4H3/t18-,19+/m0/s1. The van der Waals surface area contributed by atoms with Gasteiger partial charge in [-0.25, -0.2) is 4.52 Å². The number of carbonyl (C=O) groups is 1. The van der Waals surface area contributed by atoms with E-state index in [4.69, 9.17) is 0 Å². The first-order valence-electron chi connectivity index (χ1n) is 11.6. The third kappa shape index (κ3) is 3.95. The smallest absolute Gasteiger partial charge is 0.246 e. The molecule has 0 unspecified atom stereocenters. The highest BCUT2D eigenvalue weighted by molar-refractivity contribution is 5.88. The van der Waals surface area contributed by atoms with Crippen molar-refractivity contribution in [3.63, 3.8) is 0 Å². The predicted octanol–water partition coefficient (Wildman–Crippen LogP) is 3.89. The van der Waals surface area contributed by atoms with E-state index < -0.39 is 0 Å². The van der Waals surface area contributed by atoms with Crippen LogP contribution >= 0.6 is 0 Å². The maximum Gasteiger partial charge on any atom is 0.246 e. The van der Waals surface area contributed by atoms with Crippen LogP contribution in [0.1, 0.15) is 19.4 Å². The molecule has 176 valence electrons. The highest BCUT2D eigenvalue weighted by Crippen LogP contribution is 2.33. The largest absolute Gasteiger partial charge is 0.365 e. The van der Waals surface area contributed by atoms with Crippen LogP contribution in [0.4, 0.5) is 5.69 Å². The second-order valence-electron chi connectivity index (χ2n) is 9.10. The quantitative estimate of drug-likeness (QED) is 0.427. The summed E-state index contributed by atoms with van der Waals surface area (Å²) in [4.78, 5) is 16.4. The summed E-state index contributed by atoms with van der Waals surface area (Å²) in [6.45, 7) is 9.24. The summed E-state index contributed by atoms with van der Waals surface area (Å²) in [7, 11) is 1.89. The Labute approximate surface area is 204 Å². The number of benzene rings is 1. The van der Waals surface area contributed by atoms with E-state index >= 15 is 0 Å². The van der Waals surface area contributed by atoms with E-state index in [-0.39, 0.29) is 18.0 Å². The molecule has 1 aliphatic rings. The van der Waals surface area contributed by atoms with Crippen molar-refractivity contribution in [2.45, 2.75) is 25.9 Å². The number of piperazine rings is 1. The lowest BCUT2D eigenvalue weighted by molar-refractivity contribution is -0.128. The Bertz CT molecular complexity index is 1460. The molecule has 8 nitrogen and oxygen atoms in total. The minimum Gasteiger partial charge on any atom is -0.365 e. The molecule has 0 N–H and O–H groups in total. The van der Waals surface area contributed by atoms with Gasteiger partial charge in [-0.15, -0.1) is 0 Å². The lowest BCUT2D eigenvalue weighted by atomic mass is 9.99. The van der Waals surface area contributed by atoms with Crippen LogP contribution in [0.3, 0.4) is 0 Å². The first-order valence-corrected chi connectivity index (χ1v) is 11.6. The molecule has 0 radical (unpaired) electrons. The van der Waals surface area contributed by atoms with Gasteiger partial charge < -0.3 is 9.80 Å². The minimum absolute atomic E-state index is 0.0223. The average Bonchev–Trinajstić information content (AvgIpc) is 3.50. The number of hydrogen-bond acceptors (Lipinski definition) is 5. The van der Waals surface area contributed by atoms with Gasteiger partial charge in [-0.3, -0.25) is 9.48 Å². The van der Waals surface area contributed by atoms with E-state index in [1.807, 2.05) is 30.5 Å². The predicted molar refractivity (Wildman–Crippen MR) is 136 cm³/mol. The van der Waals surface area contributed by atoms with Gasteiger partial charge in [0.1, 0.15) is 6.07 Å². The third-order valence-corrected chi connectivity index (χ3v) is 6.72. The Kier molecular flexibility index (Phi) is 5.61. The van der Waals surface area contributed by atoms with Crippen LogP contribution < -0.4 is 4.90 Å². The molecule has 1 saturated heterocycles. The SMILES string of the molecule is C=CC(=O)N1C[C@H](C)N(c2ccc(-c3cc(-c4cnn(C)c4)cn4ncc(C#N)c34)cc2)C[C@H]1C. The van der Waals surface area contributed by atoms with Gasteiger partial charge in [0.15, 0.2) is 0 Å². The van der Waals surface area contributed by atoms with Crippen LogP contribution in [0.2, 0.25) is 0 Å². The average molecular weight is 466 g/mol. The minimum atomic E-state index is -0.0223. The molecule has 4 heterocycles. The molecule has 3 aromatic heterocycles. The molecule has 1 amide bonds. The summed E-state index contributed by atoms with van der Waals surface area (Å²) >= 11 is 0. The van der Waals surface area contributed by atoms with E-state index in [0.29, 0.717) is 12.1 Å². The Morgan fingerprint density at radius 1 is 1.06 bits per heavy atom. The zero-order valence-electron chi connectivity index (χ0n) is 20.1. The summed E-state index contributed by atoms with van der Waals surface area (Å²) in [5, 5.41) is 18.4. The first kappa shape index (κ1) is 22.4. The number of rotatable bonds is 4. The highest BCUT2D eigenvalue weighted by atomic mass is 16.2. The Morgan fingerprint density at radius 2 is 1.83 bits per heavy atom. The van der Waals surface area contributed by atoms with Crippen molar-refractivity contribution < 1.29 is 4.79 Å². The lowest BCUT2D eigenvalue weighted by Crippen LogP contribution is -2.58. The molecule has 1 fully saturated rings. The van der Waals surface area contributed by atoms with Crippen molar-refractivity contribution in [1.82, 2.24) is 24.3 Å². The zero-order valence-corrected chi connectivity index (χ0v) is 20.1. The molecule has 0 bridgehead atoms. The summed E-state index contributed by atoms with van der Waals surface area (Å²) in [6, 6.07) is 13.0. The number of fused-ring (bicyclic) bond motifs is 1. The highest BCUT2D eigenvalue weighted by Gasteiger charge is 2.31. The lowest BCUT2D eigenvalue weighted by Gasteiger charge is -2.45. The maximum absolute atomic E-state index is 12.2. The molecule has 2 atom stereocenters. The molecule has 35 heavy (non-hydrogen) atoms. The molecular weight excluding hydrogens is 438 g/mol. The van der Waals surface area contributed by atoms with Crippen molar-refractivity contribution in [3.8, 4) is 28.3 Å². The summed E-state index contributed by atoms with van der Waals surface area (Å²) in [6.07, 6.45) is 8.70. The maximum atomic E-state index is 12.2. The number of hydrogen-bond donors (Lipinski definition) is 0. The van der Waals surface area contributed by atoms with Gasteiger partial charge in [0.2, 0.25) is 5.91 Å². The molecule has 1 aliphatic heterocycles. The topological polar surface area (TPSA) is 82.5 Å². The first-order chi connectivity index (χ1) is 16.9. The van der Waals surface area contributed by atoms with Gasteiger partial charge in [-0.1, -0.05) is 18.7 Å². The van der Waals surface area contributed by atoms with Gasteiger partial charge >= 0.3 is 0 Å². The Hall–Kier alpha value is -4.38. The number of nitriles is 1. The molecule has 0 saturated carbocycles.